The Bertz CT molecular complexity index is 1000. The standard InChI is InChI=1S/C21H24N6O/c1-26-20(24-19(25-26)15-10-11-15)21(28)23-17-8-5-9-18-16(17)12-22-27(18)13-14-6-3-2-4-7-14/h2-4,6-7,12,15,17H,5,8-11,13H2,1H3,(H,23,28). The lowest BCUT2D eigenvalue weighted by Crippen LogP contribution is -2.32. The van der Waals surface area contributed by atoms with Crippen molar-refractivity contribution < 1.29 is 4.79 Å². The van der Waals surface area contributed by atoms with Crippen LogP contribution in [-0.4, -0.2) is 30.5 Å². The average Bonchev–Trinajstić information content (AvgIpc) is 3.37. The molecular formula is C21H24N6O. The molecule has 1 unspecified atom stereocenters. The van der Waals surface area contributed by atoms with Gasteiger partial charge in [-0.3, -0.25) is 9.48 Å². The lowest BCUT2D eigenvalue weighted by Gasteiger charge is -2.24. The van der Waals surface area contributed by atoms with E-state index in [4.69, 9.17) is 0 Å². The van der Waals surface area contributed by atoms with Gasteiger partial charge in [0.05, 0.1) is 18.8 Å². The minimum absolute atomic E-state index is 0.0261. The molecule has 1 fully saturated rings. The largest absolute Gasteiger partial charge is 0.342 e. The van der Waals surface area contributed by atoms with Crippen molar-refractivity contribution in [3.63, 3.8) is 0 Å². The van der Waals surface area contributed by atoms with Crippen LogP contribution in [0.1, 0.15) is 70.9 Å². The van der Waals surface area contributed by atoms with E-state index in [1.165, 1.54) is 11.3 Å². The highest BCUT2D eigenvalue weighted by Gasteiger charge is 2.31. The molecule has 1 atom stereocenters. The molecule has 2 aromatic heterocycles. The summed E-state index contributed by atoms with van der Waals surface area (Å²) in [4.78, 5) is 17.3. The average molecular weight is 376 g/mol. The SMILES string of the molecule is Cn1nc(C2CC2)nc1C(=O)NC1CCCc2c1cnn2Cc1ccccc1. The third kappa shape index (κ3) is 3.21. The normalized spacial score (nSPS) is 18.7. The minimum atomic E-state index is -0.157. The van der Waals surface area contributed by atoms with E-state index in [0.717, 1.165) is 50.0 Å². The minimum Gasteiger partial charge on any atom is -0.342 e. The Morgan fingerprint density at radius 2 is 2.04 bits per heavy atom. The second kappa shape index (κ2) is 6.89. The fraction of sp³-hybridized carbons (Fsp3) is 0.429. The first-order chi connectivity index (χ1) is 13.7. The Morgan fingerprint density at radius 1 is 1.21 bits per heavy atom. The van der Waals surface area contributed by atoms with E-state index >= 15 is 0 Å². The number of benzene rings is 1. The van der Waals surface area contributed by atoms with Crippen LogP contribution in [0.4, 0.5) is 0 Å². The summed E-state index contributed by atoms with van der Waals surface area (Å²) < 4.78 is 3.67. The van der Waals surface area contributed by atoms with Crippen LogP contribution >= 0.6 is 0 Å². The van der Waals surface area contributed by atoms with Gasteiger partial charge in [0.25, 0.3) is 5.91 Å². The molecule has 7 heteroatoms. The molecule has 5 rings (SSSR count). The van der Waals surface area contributed by atoms with E-state index in [9.17, 15) is 4.79 Å². The summed E-state index contributed by atoms with van der Waals surface area (Å²) in [7, 11) is 1.79. The molecule has 28 heavy (non-hydrogen) atoms. The summed E-state index contributed by atoms with van der Waals surface area (Å²) in [5.41, 5.74) is 3.57. The molecule has 0 saturated heterocycles. The van der Waals surface area contributed by atoms with Crippen LogP contribution in [0.15, 0.2) is 36.5 Å². The molecule has 0 spiro atoms. The van der Waals surface area contributed by atoms with E-state index in [0.29, 0.717) is 11.7 Å². The van der Waals surface area contributed by atoms with E-state index in [1.807, 2.05) is 24.4 Å². The van der Waals surface area contributed by atoms with Gasteiger partial charge in [-0.15, -0.1) is 0 Å². The molecule has 0 radical (unpaired) electrons. The second-order valence-electron chi connectivity index (χ2n) is 7.80. The lowest BCUT2D eigenvalue weighted by atomic mass is 9.93. The van der Waals surface area contributed by atoms with Crippen LogP contribution in [-0.2, 0) is 20.0 Å². The van der Waals surface area contributed by atoms with Crippen LogP contribution in [0.3, 0.4) is 0 Å². The summed E-state index contributed by atoms with van der Waals surface area (Å²) >= 11 is 0. The van der Waals surface area contributed by atoms with E-state index in [1.54, 1.807) is 11.7 Å². The highest BCUT2D eigenvalue weighted by atomic mass is 16.2. The first-order valence-corrected chi connectivity index (χ1v) is 9.99. The summed E-state index contributed by atoms with van der Waals surface area (Å²) in [5.74, 6) is 1.47. The van der Waals surface area contributed by atoms with Crippen molar-refractivity contribution in [2.75, 3.05) is 0 Å². The fourth-order valence-electron chi connectivity index (χ4n) is 4.00. The molecule has 1 N–H and O–H groups in total. The molecule has 2 aliphatic rings. The molecule has 1 aromatic carbocycles. The highest BCUT2D eigenvalue weighted by Crippen LogP contribution is 2.38. The monoisotopic (exact) mass is 376 g/mol. The quantitative estimate of drug-likeness (QED) is 0.743. The van der Waals surface area contributed by atoms with Crippen molar-refractivity contribution in [1.29, 1.82) is 0 Å². The van der Waals surface area contributed by atoms with Crippen LogP contribution < -0.4 is 5.32 Å². The Kier molecular flexibility index (Phi) is 4.22. The molecule has 0 aliphatic heterocycles. The van der Waals surface area contributed by atoms with Gasteiger partial charge in [0.15, 0.2) is 5.82 Å². The van der Waals surface area contributed by atoms with Crippen LogP contribution in [0.2, 0.25) is 0 Å². The Morgan fingerprint density at radius 3 is 2.82 bits per heavy atom. The Balaban J connectivity index is 1.34. The highest BCUT2D eigenvalue weighted by molar-refractivity contribution is 5.91. The lowest BCUT2D eigenvalue weighted by molar-refractivity contribution is 0.0917. The zero-order valence-corrected chi connectivity index (χ0v) is 16.0. The maximum Gasteiger partial charge on any atom is 0.289 e. The summed E-state index contributed by atoms with van der Waals surface area (Å²) in [6.07, 6.45) is 7.10. The number of carbonyl (C=O) groups excluding carboxylic acids is 1. The van der Waals surface area contributed by atoms with Gasteiger partial charge in [0, 0.05) is 24.2 Å². The van der Waals surface area contributed by atoms with Crippen LogP contribution in [0.5, 0.6) is 0 Å². The van der Waals surface area contributed by atoms with Gasteiger partial charge < -0.3 is 5.32 Å². The number of hydrogen-bond acceptors (Lipinski definition) is 4. The molecule has 2 aliphatic carbocycles. The van der Waals surface area contributed by atoms with Gasteiger partial charge in [-0.1, -0.05) is 30.3 Å². The van der Waals surface area contributed by atoms with Crippen molar-refractivity contribution in [1.82, 2.24) is 29.9 Å². The van der Waals surface area contributed by atoms with Crippen molar-refractivity contribution in [3.05, 3.63) is 65.0 Å². The summed E-state index contributed by atoms with van der Waals surface area (Å²) in [6.45, 7) is 0.755. The molecular weight excluding hydrogens is 352 g/mol. The molecule has 2 heterocycles. The van der Waals surface area contributed by atoms with E-state index < -0.39 is 0 Å². The second-order valence-corrected chi connectivity index (χ2v) is 7.80. The number of nitrogens with one attached hydrogen (secondary N) is 1. The Labute approximate surface area is 163 Å². The zero-order valence-electron chi connectivity index (χ0n) is 16.0. The van der Waals surface area contributed by atoms with Gasteiger partial charge in [-0.25, -0.2) is 9.67 Å². The number of nitrogens with zero attached hydrogens (tertiary/aromatic N) is 5. The van der Waals surface area contributed by atoms with Gasteiger partial charge in [0.2, 0.25) is 5.82 Å². The van der Waals surface area contributed by atoms with Gasteiger partial charge in [-0.05, 0) is 37.7 Å². The van der Waals surface area contributed by atoms with Gasteiger partial charge >= 0.3 is 0 Å². The van der Waals surface area contributed by atoms with E-state index in [-0.39, 0.29) is 11.9 Å². The zero-order chi connectivity index (χ0) is 19.1. The molecule has 1 saturated carbocycles. The number of aryl methyl sites for hydroxylation is 1. The maximum atomic E-state index is 12.8. The smallest absolute Gasteiger partial charge is 0.289 e. The van der Waals surface area contributed by atoms with Crippen molar-refractivity contribution in [2.45, 2.75) is 50.6 Å². The van der Waals surface area contributed by atoms with Crippen LogP contribution in [0.25, 0.3) is 0 Å². The molecule has 1 amide bonds. The topological polar surface area (TPSA) is 77.6 Å². The molecule has 7 nitrogen and oxygen atoms in total. The third-order valence-electron chi connectivity index (χ3n) is 5.67. The first-order valence-electron chi connectivity index (χ1n) is 9.99. The number of aromatic nitrogens is 5. The number of hydrogen-bond donors (Lipinski definition) is 1. The van der Waals surface area contributed by atoms with Crippen LogP contribution in [0, 0.1) is 0 Å². The van der Waals surface area contributed by atoms with Gasteiger partial charge in [0.1, 0.15) is 0 Å². The first kappa shape index (κ1) is 17.2. The molecule has 144 valence electrons. The number of fused-ring (bicyclic) bond motifs is 1. The molecule has 3 aromatic rings. The predicted octanol–water partition coefficient (Wildman–Crippen LogP) is 2.74. The predicted molar refractivity (Wildman–Crippen MR) is 104 cm³/mol. The Hall–Kier alpha value is -2.96. The number of rotatable bonds is 5. The summed E-state index contributed by atoms with van der Waals surface area (Å²) in [5, 5.41) is 12.2. The molecule has 0 bridgehead atoms. The summed E-state index contributed by atoms with van der Waals surface area (Å²) in [6, 6.07) is 10.3. The van der Waals surface area contributed by atoms with Crippen molar-refractivity contribution in [2.24, 2.45) is 7.05 Å². The third-order valence-corrected chi connectivity index (χ3v) is 5.67. The fourth-order valence-corrected chi connectivity index (χ4v) is 4.00. The number of amides is 1. The van der Waals surface area contributed by atoms with E-state index in [2.05, 4.69) is 37.3 Å². The maximum absolute atomic E-state index is 12.8. The van der Waals surface area contributed by atoms with Crippen molar-refractivity contribution in [3.8, 4) is 0 Å². The van der Waals surface area contributed by atoms with Crippen molar-refractivity contribution >= 4 is 5.91 Å². The van der Waals surface area contributed by atoms with Gasteiger partial charge in [-0.2, -0.15) is 10.2 Å². The number of carbonyl (C=O) groups is 1.